The minimum atomic E-state index is -0.342. The first-order valence-electron chi connectivity index (χ1n) is 7.07. The molecule has 0 aliphatic heterocycles. The molecule has 2 nitrogen and oxygen atoms in total. The third kappa shape index (κ3) is 2.72. The fourth-order valence-corrected chi connectivity index (χ4v) is 3.90. The second-order valence-corrected chi connectivity index (χ2v) is 7.22. The number of halogens is 1. The van der Waals surface area contributed by atoms with Gasteiger partial charge in [-0.15, -0.1) is 11.3 Å². The van der Waals surface area contributed by atoms with E-state index in [-0.39, 0.29) is 11.3 Å². The topological polar surface area (TPSA) is 20.3 Å². The monoisotopic (exact) mass is 319 g/mol. The first kappa shape index (κ1) is 14.6. The highest BCUT2D eigenvalue weighted by Crippen LogP contribution is 2.50. The maximum atomic E-state index is 12.9. The Bertz CT molecular complexity index is 675. The van der Waals surface area contributed by atoms with Crippen molar-refractivity contribution in [3.8, 4) is 0 Å². The summed E-state index contributed by atoms with van der Waals surface area (Å²) in [5.74, 6) is 0.206. The number of nitrogens with zero attached hydrogens (tertiary/aromatic N) is 1. The van der Waals surface area contributed by atoms with Crippen molar-refractivity contribution in [3.05, 3.63) is 56.7 Å². The number of carbonyl (C=O) groups excluding carboxylic acids is 1. The molecular weight excluding hydrogens is 302 g/mol. The van der Waals surface area contributed by atoms with Gasteiger partial charge in [0.25, 0.3) is 0 Å². The Morgan fingerprint density at radius 2 is 2.14 bits per heavy atom. The van der Waals surface area contributed by atoms with Crippen molar-refractivity contribution in [2.45, 2.75) is 31.7 Å². The van der Waals surface area contributed by atoms with Crippen LogP contribution in [-0.2, 0) is 16.8 Å². The number of benzene rings is 1. The average molecular weight is 320 g/mol. The van der Waals surface area contributed by atoms with E-state index in [0.717, 1.165) is 18.4 Å². The molecule has 1 amide bonds. The zero-order valence-corrected chi connectivity index (χ0v) is 13.8. The van der Waals surface area contributed by atoms with Gasteiger partial charge in [0.15, 0.2) is 0 Å². The van der Waals surface area contributed by atoms with Gasteiger partial charge in [-0.2, -0.15) is 0 Å². The quantitative estimate of drug-likeness (QED) is 0.818. The molecule has 0 atom stereocenters. The third-order valence-electron chi connectivity index (χ3n) is 4.23. The molecule has 0 spiro atoms. The molecule has 21 heavy (non-hydrogen) atoms. The fourth-order valence-electron chi connectivity index (χ4n) is 2.76. The molecule has 1 aliphatic carbocycles. The fraction of sp³-hybridized carbons (Fsp3) is 0.353. The van der Waals surface area contributed by atoms with Crippen LogP contribution in [0.5, 0.6) is 0 Å². The van der Waals surface area contributed by atoms with Crippen LogP contribution in [-0.4, -0.2) is 17.9 Å². The molecule has 1 fully saturated rings. The summed E-state index contributed by atoms with van der Waals surface area (Å²) in [5, 5.41) is 2.77. The second kappa shape index (κ2) is 5.47. The highest BCUT2D eigenvalue weighted by atomic mass is 35.5. The summed E-state index contributed by atoms with van der Waals surface area (Å²) < 4.78 is 0. The summed E-state index contributed by atoms with van der Waals surface area (Å²) >= 11 is 7.79. The minimum absolute atomic E-state index is 0.206. The summed E-state index contributed by atoms with van der Waals surface area (Å²) in [6.45, 7) is 2.78. The molecule has 1 heterocycles. The van der Waals surface area contributed by atoms with E-state index >= 15 is 0 Å². The number of hydrogen-bond acceptors (Lipinski definition) is 2. The van der Waals surface area contributed by atoms with Gasteiger partial charge in [0.2, 0.25) is 5.91 Å². The van der Waals surface area contributed by atoms with Gasteiger partial charge in [0, 0.05) is 16.9 Å². The molecule has 1 aliphatic rings. The SMILES string of the molecule is Cc1ccsc1CN(C)C(=O)C1(c2cccc(Cl)c2)CC1. The predicted octanol–water partition coefficient (Wildman–Crippen LogP) is 4.40. The molecule has 0 bridgehead atoms. The van der Waals surface area contributed by atoms with Gasteiger partial charge < -0.3 is 4.90 Å². The highest BCUT2D eigenvalue weighted by molar-refractivity contribution is 7.10. The van der Waals surface area contributed by atoms with Crippen LogP contribution in [0.1, 0.15) is 28.8 Å². The standard InChI is InChI=1S/C17H18ClNOS/c1-12-6-9-21-15(12)11-19(2)16(20)17(7-8-17)13-4-3-5-14(18)10-13/h3-6,9-10H,7-8,11H2,1-2H3. The van der Waals surface area contributed by atoms with Crippen molar-refractivity contribution in [1.29, 1.82) is 0 Å². The van der Waals surface area contributed by atoms with E-state index in [1.54, 1.807) is 11.3 Å². The second-order valence-electron chi connectivity index (χ2n) is 5.78. The molecule has 0 N–H and O–H groups in total. The Morgan fingerprint density at radius 1 is 1.38 bits per heavy atom. The van der Waals surface area contributed by atoms with Crippen molar-refractivity contribution in [3.63, 3.8) is 0 Å². The van der Waals surface area contributed by atoms with Gasteiger partial charge in [-0.05, 0) is 54.5 Å². The lowest BCUT2D eigenvalue weighted by Crippen LogP contribution is -2.36. The van der Waals surface area contributed by atoms with E-state index in [9.17, 15) is 4.79 Å². The van der Waals surface area contributed by atoms with Gasteiger partial charge >= 0.3 is 0 Å². The van der Waals surface area contributed by atoms with Gasteiger partial charge in [0.05, 0.1) is 12.0 Å². The van der Waals surface area contributed by atoms with Crippen LogP contribution in [0.2, 0.25) is 5.02 Å². The van der Waals surface area contributed by atoms with Crippen LogP contribution in [0, 0.1) is 6.92 Å². The van der Waals surface area contributed by atoms with Crippen molar-refractivity contribution >= 4 is 28.8 Å². The minimum Gasteiger partial charge on any atom is -0.340 e. The molecule has 1 saturated carbocycles. The van der Waals surface area contributed by atoms with Crippen LogP contribution in [0.4, 0.5) is 0 Å². The number of likely N-dealkylation sites (N-methyl/N-ethyl adjacent to an activating group) is 1. The summed E-state index contributed by atoms with van der Waals surface area (Å²) in [6.07, 6.45) is 1.83. The van der Waals surface area contributed by atoms with Crippen LogP contribution in [0.3, 0.4) is 0 Å². The number of hydrogen-bond donors (Lipinski definition) is 0. The number of aryl methyl sites for hydroxylation is 1. The maximum Gasteiger partial charge on any atom is 0.233 e. The van der Waals surface area contributed by atoms with Crippen LogP contribution < -0.4 is 0 Å². The number of thiophene rings is 1. The largest absolute Gasteiger partial charge is 0.340 e. The lowest BCUT2D eigenvalue weighted by molar-refractivity contribution is -0.133. The zero-order valence-electron chi connectivity index (χ0n) is 12.2. The molecule has 1 aromatic heterocycles. The first-order chi connectivity index (χ1) is 10.0. The van der Waals surface area contributed by atoms with E-state index < -0.39 is 0 Å². The summed E-state index contributed by atoms with van der Waals surface area (Å²) in [5.41, 5.74) is 1.96. The van der Waals surface area contributed by atoms with Crippen molar-refractivity contribution in [2.24, 2.45) is 0 Å². The summed E-state index contributed by atoms with van der Waals surface area (Å²) in [7, 11) is 1.89. The van der Waals surface area contributed by atoms with Gasteiger partial charge in [-0.3, -0.25) is 4.79 Å². The van der Waals surface area contributed by atoms with Crippen LogP contribution in [0.15, 0.2) is 35.7 Å². The molecular formula is C17H18ClNOS. The first-order valence-corrected chi connectivity index (χ1v) is 8.33. The molecule has 1 aromatic carbocycles. The van der Waals surface area contributed by atoms with Gasteiger partial charge in [-0.25, -0.2) is 0 Å². The number of carbonyl (C=O) groups is 1. The Balaban J connectivity index is 1.80. The van der Waals surface area contributed by atoms with Crippen molar-refractivity contribution in [1.82, 2.24) is 4.90 Å². The molecule has 110 valence electrons. The average Bonchev–Trinajstić information content (AvgIpc) is 3.18. The van der Waals surface area contributed by atoms with Gasteiger partial charge in [-0.1, -0.05) is 23.7 Å². The Hall–Kier alpha value is -1.32. The lowest BCUT2D eigenvalue weighted by Gasteiger charge is -2.24. The molecule has 0 radical (unpaired) electrons. The third-order valence-corrected chi connectivity index (χ3v) is 5.48. The molecule has 0 unspecified atom stereocenters. The maximum absolute atomic E-state index is 12.9. The van der Waals surface area contributed by atoms with E-state index in [2.05, 4.69) is 18.4 Å². The van der Waals surface area contributed by atoms with Crippen molar-refractivity contribution in [2.75, 3.05) is 7.05 Å². The lowest BCUT2D eigenvalue weighted by atomic mass is 9.94. The predicted molar refractivity (Wildman–Crippen MR) is 87.9 cm³/mol. The Labute approximate surface area is 134 Å². The molecule has 4 heteroatoms. The smallest absolute Gasteiger partial charge is 0.233 e. The molecule has 2 aromatic rings. The van der Waals surface area contributed by atoms with Crippen LogP contribution in [0.25, 0.3) is 0 Å². The normalized spacial score (nSPS) is 15.8. The number of amides is 1. The summed E-state index contributed by atoms with van der Waals surface area (Å²) in [6, 6.07) is 9.82. The highest BCUT2D eigenvalue weighted by Gasteiger charge is 2.52. The Kier molecular flexibility index (Phi) is 3.80. The van der Waals surface area contributed by atoms with E-state index in [1.165, 1.54) is 10.4 Å². The number of rotatable bonds is 4. The van der Waals surface area contributed by atoms with Crippen molar-refractivity contribution < 1.29 is 4.79 Å². The molecule has 3 rings (SSSR count). The van der Waals surface area contributed by atoms with E-state index in [1.807, 2.05) is 36.2 Å². The summed E-state index contributed by atoms with van der Waals surface area (Å²) in [4.78, 5) is 16.0. The zero-order chi connectivity index (χ0) is 15.0. The van der Waals surface area contributed by atoms with E-state index in [0.29, 0.717) is 11.6 Å². The van der Waals surface area contributed by atoms with Crippen LogP contribution >= 0.6 is 22.9 Å². The van der Waals surface area contributed by atoms with E-state index in [4.69, 9.17) is 11.6 Å². The van der Waals surface area contributed by atoms with Gasteiger partial charge in [0.1, 0.15) is 0 Å². The molecule has 0 saturated heterocycles. The Morgan fingerprint density at radius 3 is 2.71 bits per heavy atom.